The first-order chi connectivity index (χ1) is 9.58. The lowest BCUT2D eigenvalue weighted by atomic mass is 10.1. The average Bonchev–Trinajstić information content (AvgIpc) is 2.43. The van der Waals surface area contributed by atoms with Gasteiger partial charge in [-0.25, -0.2) is 4.39 Å². The number of hydrogen-bond acceptors (Lipinski definition) is 4. The summed E-state index contributed by atoms with van der Waals surface area (Å²) in [6.45, 7) is 1.73. The molecule has 0 unspecified atom stereocenters. The van der Waals surface area contributed by atoms with Gasteiger partial charge in [0.2, 0.25) is 0 Å². The van der Waals surface area contributed by atoms with Crippen LogP contribution in [0.3, 0.4) is 0 Å². The van der Waals surface area contributed by atoms with Crippen molar-refractivity contribution in [3.05, 3.63) is 35.1 Å². The van der Waals surface area contributed by atoms with Gasteiger partial charge in [0.1, 0.15) is 12.4 Å². The Hall–Kier alpha value is -2.39. The normalized spacial score (nSPS) is 9.35. The van der Waals surface area contributed by atoms with E-state index in [1.165, 1.54) is 12.1 Å². The van der Waals surface area contributed by atoms with E-state index < -0.39 is 17.7 Å². The number of carbonyl (C=O) groups is 2. The van der Waals surface area contributed by atoms with Crippen LogP contribution in [0.1, 0.15) is 22.8 Å². The second kappa shape index (κ2) is 7.92. The van der Waals surface area contributed by atoms with Crippen LogP contribution in [0.25, 0.3) is 0 Å². The Kier molecular flexibility index (Phi) is 6.20. The largest absolute Gasteiger partial charge is 0.465 e. The highest BCUT2D eigenvalue weighted by Crippen LogP contribution is 2.10. The summed E-state index contributed by atoms with van der Waals surface area (Å²) < 4.78 is 17.9. The zero-order chi connectivity index (χ0) is 15.0. The zero-order valence-electron chi connectivity index (χ0n) is 11.0. The number of benzene rings is 1. The molecule has 5 nitrogen and oxygen atoms in total. The molecule has 1 aromatic rings. The van der Waals surface area contributed by atoms with E-state index in [0.29, 0.717) is 5.56 Å². The molecule has 0 atom stereocenters. The summed E-state index contributed by atoms with van der Waals surface area (Å²) in [5.41, 5.74) is 5.65. The number of rotatable bonds is 4. The summed E-state index contributed by atoms with van der Waals surface area (Å²) in [7, 11) is 0. The summed E-state index contributed by atoms with van der Waals surface area (Å²) in [6.07, 6.45) is 0. The van der Waals surface area contributed by atoms with Gasteiger partial charge in [-0.1, -0.05) is 11.8 Å². The van der Waals surface area contributed by atoms with Crippen LogP contribution >= 0.6 is 0 Å². The fraction of sp³-hybridized carbons (Fsp3) is 0.286. The van der Waals surface area contributed by atoms with E-state index in [9.17, 15) is 14.0 Å². The van der Waals surface area contributed by atoms with Crippen molar-refractivity contribution in [3.8, 4) is 11.8 Å². The van der Waals surface area contributed by atoms with Crippen molar-refractivity contribution >= 4 is 11.9 Å². The molecule has 20 heavy (non-hydrogen) atoms. The molecule has 3 N–H and O–H groups in total. The zero-order valence-corrected chi connectivity index (χ0v) is 11.0. The van der Waals surface area contributed by atoms with Gasteiger partial charge in [0.05, 0.1) is 18.7 Å². The summed E-state index contributed by atoms with van der Waals surface area (Å²) >= 11 is 0. The third-order valence-electron chi connectivity index (χ3n) is 2.25. The van der Waals surface area contributed by atoms with Gasteiger partial charge >= 0.3 is 5.97 Å². The third-order valence-corrected chi connectivity index (χ3v) is 2.25. The van der Waals surface area contributed by atoms with Crippen molar-refractivity contribution < 1.29 is 18.7 Å². The quantitative estimate of drug-likeness (QED) is 0.618. The van der Waals surface area contributed by atoms with Gasteiger partial charge in [-0.05, 0) is 25.1 Å². The fourth-order valence-corrected chi connectivity index (χ4v) is 1.42. The van der Waals surface area contributed by atoms with E-state index in [4.69, 9.17) is 5.73 Å². The number of carbonyl (C=O) groups excluding carboxylic acids is 2. The summed E-state index contributed by atoms with van der Waals surface area (Å²) in [6, 6.07) is 3.64. The van der Waals surface area contributed by atoms with Crippen LogP contribution in [0.4, 0.5) is 4.39 Å². The predicted octanol–water partition coefficient (Wildman–Crippen LogP) is 0.429. The minimum Gasteiger partial charge on any atom is -0.465 e. The molecule has 6 heteroatoms. The minimum absolute atomic E-state index is 0.0512. The van der Waals surface area contributed by atoms with E-state index in [1.807, 2.05) is 0 Å². The molecule has 1 amide bonds. The van der Waals surface area contributed by atoms with Crippen LogP contribution in [0.2, 0.25) is 0 Å². The van der Waals surface area contributed by atoms with Crippen LogP contribution in [0.5, 0.6) is 0 Å². The van der Waals surface area contributed by atoms with Gasteiger partial charge in [-0.2, -0.15) is 0 Å². The number of ether oxygens (including phenoxy) is 1. The lowest BCUT2D eigenvalue weighted by molar-refractivity contribution is -0.141. The highest BCUT2D eigenvalue weighted by Gasteiger charge is 2.13. The summed E-state index contributed by atoms with van der Waals surface area (Å²) in [5, 5.41) is 2.35. The lowest BCUT2D eigenvalue weighted by Gasteiger charge is -2.07. The molecule has 0 saturated heterocycles. The Balaban J connectivity index is 2.85. The second-order valence-electron chi connectivity index (χ2n) is 3.68. The maximum absolute atomic E-state index is 13.2. The first-order valence-corrected chi connectivity index (χ1v) is 6.00. The van der Waals surface area contributed by atoms with E-state index >= 15 is 0 Å². The number of halogens is 1. The number of esters is 1. The fourth-order valence-electron chi connectivity index (χ4n) is 1.42. The Morgan fingerprint density at radius 2 is 2.20 bits per heavy atom. The number of amides is 1. The first kappa shape index (κ1) is 15.7. The van der Waals surface area contributed by atoms with Gasteiger partial charge < -0.3 is 15.8 Å². The highest BCUT2D eigenvalue weighted by molar-refractivity contribution is 5.98. The van der Waals surface area contributed by atoms with Crippen molar-refractivity contribution in [2.24, 2.45) is 5.73 Å². The van der Waals surface area contributed by atoms with Crippen LogP contribution in [-0.4, -0.2) is 31.6 Å². The molecule has 0 aliphatic carbocycles. The summed E-state index contributed by atoms with van der Waals surface area (Å²) in [5.74, 6) is 3.54. The number of nitrogens with one attached hydrogen (secondary N) is 1. The Labute approximate surface area is 116 Å². The molecule has 1 rings (SSSR count). The molecule has 0 heterocycles. The van der Waals surface area contributed by atoms with Crippen molar-refractivity contribution in [1.29, 1.82) is 0 Å². The van der Waals surface area contributed by atoms with Gasteiger partial charge in [0.25, 0.3) is 5.91 Å². The molecule has 0 aromatic heterocycles. The van der Waals surface area contributed by atoms with Crippen LogP contribution < -0.4 is 11.1 Å². The van der Waals surface area contributed by atoms with Gasteiger partial charge in [-0.15, -0.1) is 0 Å². The second-order valence-corrected chi connectivity index (χ2v) is 3.68. The Bertz CT molecular complexity index is 561. The van der Waals surface area contributed by atoms with E-state index in [-0.39, 0.29) is 25.3 Å². The van der Waals surface area contributed by atoms with Crippen molar-refractivity contribution in [2.75, 3.05) is 19.7 Å². The highest BCUT2D eigenvalue weighted by atomic mass is 19.1. The standard InChI is InChI=1S/C14H15FN2O3/c1-2-20-13(18)9-17-14(19)12-8-11(15)6-5-10(12)4-3-7-16/h5-6,8H,2,7,9,16H2,1H3,(H,17,19). The molecule has 0 aliphatic rings. The maximum atomic E-state index is 13.2. The Morgan fingerprint density at radius 1 is 1.45 bits per heavy atom. The van der Waals surface area contributed by atoms with E-state index in [2.05, 4.69) is 21.9 Å². The number of nitrogens with two attached hydrogens (primary N) is 1. The molecule has 0 bridgehead atoms. The monoisotopic (exact) mass is 278 g/mol. The molecular formula is C14H15FN2O3. The van der Waals surface area contributed by atoms with Gasteiger partial charge in [0.15, 0.2) is 0 Å². The average molecular weight is 278 g/mol. The van der Waals surface area contributed by atoms with Gasteiger partial charge in [0, 0.05) is 5.56 Å². The molecule has 106 valence electrons. The Morgan fingerprint density at radius 3 is 2.85 bits per heavy atom. The molecule has 0 aliphatic heterocycles. The van der Waals surface area contributed by atoms with Gasteiger partial charge in [-0.3, -0.25) is 9.59 Å². The molecule has 1 aromatic carbocycles. The molecular weight excluding hydrogens is 263 g/mol. The van der Waals surface area contributed by atoms with Crippen LogP contribution in [0.15, 0.2) is 18.2 Å². The SMILES string of the molecule is CCOC(=O)CNC(=O)c1cc(F)ccc1C#CCN. The molecule has 0 fully saturated rings. The smallest absolute Gasteiger partial charge is 0.325 e. The predicted molar refractivity (Wildman–Crippen MR) is 71.3 cm³/mol. The van der Waals surface area contributed by atoms with Crippen molar-refractivity contribution in [3.63, 3.8) is 0 Å². The van der Waals surface area contributed by atoms with Crippen LogP contribution in [0, 0.1) is 17.7 Å². The van der Waals surface area contributed by atoms with Crippen molar-refractivity contribution in [2.45, 2.75) is 6.92 Å². The maximum Gasteiger partial charge on any atom is 0.325 e. The van der Waals surface area contributed by atoms with E-state index in [0.717, 1.165) is 6.07 Å². The molecule has 0 saturated carbocycles. The third kappa shape index (κ3) is 4.71. The minimum atomic E-state index is -0.598. The lowest BCUT2D eigenvalue weighted by Crippen LogP contribution is -2.31. The van der Waals surface area contributed by atoms with E-state index in [1.54, 1.807) is 6.92 Å². The van der Waals surface area contributed by atoms with Crippen LogP contribution in [-0.2, 0) is 9.53 Å². The van der Waals surface area contributed by atoms with Crippen molar-refractivity contribution in [1.82, 2.24) is 5.32 Å². The molecule has 0 spiro atoms. The summed E-state index contributed by atoms with van der Waals surface area (Å²) in [4.78, 5) is 23.1. The molecule has 0 radical (unpaired) electrons. The number of hydrogen-bond donors (Lipinski definition) is 2. The first-order valence-electron chi connectivity index (χ1n) is 6.00. The topological polar surface area (TPSA) is 81.4 Å².